The Morgan fingerprint density at radius 1 is 1.04 bits per heavy atom. The standard InChI is InChI=1S/C22H30N4O2/c1-24-10-12-26(13-11-24)21-15-25(16-22(21)27)14-18-5-7-20(8-6-18)28-17-19-4-2-3-9-23-19/h2-9,21-22,27H,10-17H2,1H3/t21-,22+/m1/s1. The number of piperazine rings is 1. The fraction of sp³-hybridized carbons (Fsp3) is 0.500. The van der Waals surface area contributed by atoms with Gasteiger partial charge < -0.3 is 14.7 Å². The summed E-state index contributed by atoms with van der Waals surface area (Å²) in [6.45, 7) is 7.29. The molecule has 3 heterocycles. The van der Waals surface area contributed by atoms with Crippen LogP contribution in [0.1, 0.15) is 11.3 Å². The first-order valence-electron chi connectivity index (χ1n) is 10.1. The summed E-state index contributed by atoms with van der Waals surface area (Å²) >= 11 is 0. The van der Waals surface area contributed by atoms with Crippen LogP contribution in [0.4, 0.5) is 0 Å². The highest BCUT2D eigenvalue weighted by Crippen LogP contribution is 2.21. The van der Waals surface area contributed by atoms with Gasteiger partial charge in [0.05, 0.1) is 11.8 Å². The highest BCUT2D eigenvalue weighted by Gasteiger charge is 2.36. The van der Waals surface area contributed by atoms with Crippen molar-refractivity contribution in [2.75, 3.05) is 46.3 Å². The molecule has 0 spiro atoms. The molecule has 6 nitrogen and oxygen atoms in total. The number of aliphatic hydroxyl groups is 1. The van der Waals surface area contributed by atoms with Crippen molar-refractivity contribution in [1.82, 2.24) is 19.7 Å². The molecule has 0 amide bonds. The molecule has 0 radical (unpaired) electrons. The van der Waals surface area contributed by atoms with E-state index in [4.69, 9.17) is 4.74 Å². The van der Waals surface area contributed by atoms with Crippen LogP contribution < -0.4 is 4.74 Å². The Kier molecular flexibility index (Phi) is 6.22. The Hall–Kier alpha value is -1.99. The molecule has 2 atom stereocenters. The van der Waals surface area contributed by atoms with Crippen molar-refractivity contribution in [1.29, 1.82) is 0 Å². The van der Waals surface area contributed by atoms with Crippen molar-refractivity contribution < 1.29 is 9.84 Å². The number of likely N-dealkylation sites (N-methyl/N-ethyl adjacent to an activating group) is 1. The first kappa shape index (κ1) is 19.3. The zero-order chi connectivity index (χ0) is 19.3. The molecule has 150 valence electrons. The van der Waals surface area contributed by atoms with E-state index in [0.717, 1.165) is 57.3 Å². The number of aromatic nitrogens is 1. The van der Waals surface area contributed by atoms with Crippen LogP contribution in [0.3, 0.4) is 0 Å². The van der Waals surface area contributed by atoms with Gasteiger partial charge in [-0.25, -0.2) is 0 Å². The molecule has 2 aromatic rings. The highest BCUT2D eigenvalue weighted by atomic mass is 16.5. The minimum absolute atomic E-state index is 0.259. The van der Waals surface area contributed by atoms with E-state index in [1.165, 1.54) is 5.56 Å². The maximum atomic E-state index is 10.6. The molecule has 0 saturated carbocycles. The van der Waals surface area contributed by atoms with Crippen LogP contribution in [0.15, 0.2) is 48.7 Å². The lowest BCUT2D eigenvalue weighted by atomic mass is 10.1. The third kappa shape index (κ3) is 4.89. The smallest absolute Gasteiger partial charge is 0.130 e. The number of nitrogens with zero attached hydrogens (tertiary/aromatic N) is 4. The summed E-state index contributed by atoms with van der Waals surface area (Å²) < 4.78 is 5.81. The number of likely N-dealkylation sites (tertiary alicyclic amines) is 1. The quantitative estimate of drug-likeness (QED) is 0.816. The van der Waals surface area contributed by atoms with Crippen molar-refractivity contribution in [2.45, 2.75) is 25.3 Å². The number of aliphatic hydroxyl groups excluding tert-OH is 1. The largest absolute Gasteiger partial charge is 0.487 e. The summed E-state index contributed by atoms with van der Waals surface area (Å²) in [5, 5.41) is 10.6. The highest BCUT2D eigenvalue weighted by molar-refractivity contribution is 5.27. The van der Waals surface area contributed by atoms with Crippen LogP contribution in [0.2, 0.25) is 0 Å². The van der Waals surface area contributed by atoms with Gasteiger partial charge in [-0.3, -0.25) is 14.8 Å². The first-order chi connectivity index (χ1) is 13.7. The van der Waals surface area contributed by atoms with Crippen molar-refractivity contribution in [3.05, 3.63) is 59.9 Å². The summed E-state index contributed by atoms with van der Waals surface area (Å²) in [7, 11) is 2.17. The molecule has 0 unspecified atom stereocenters. The molecule has 4 rings (SSSR count). The zero-order valence-electron chi connectivity index (χ0n) is 16.6. The second kappa shape index (κ2) is 9.01. The molecule has 0 bridgehead atoms. The Bertz CT molecular complexity index is 732. The van der Waals surface area contributed by atoms with Crippen LogP contribution in [0.5, 0.6) is 5.75 Å². The Labute approximate surface area is 167 Å². The molecule has 1 aromatic heterocycles. The van der Waals surface area contributed by atoms with Crippen molar-refractivity contribution in [3.8, 4) is 5.75 Å². The van der Waals surface area contributed by atoms with Gasteiger partial charge in [0.1, 0.15) is 12.4 Å². The third-order valence-corrected chi connectivity index (χ3v) is 5.78. The maximum absolute atomic E-state index is 10.6. The van der Waals surface area contributed by atoms with Crippen LogP contribution in [-0.4, -0.2) is 83.3 Å². The van der Waals surface area contributed by atoms with Crippen molar-refractivity contribution in [3.63, 3.8) is 0 Å². The lowest BCUT2D eigenvalue weighted by molar-refractivity contribution is 0.0512. The first-order valence-corrected chi connectivity index (χ1v) is 10.1. The number of hydrogen-bond donors (Lipinski definition) is 1. The van der Waals surface area contributed by atoms with Crippen LogP contribution >= 0.6 is 0 Å². The van der Waals surface area contributed by atoms with Gasteiger partial charge in [-0.2, -0.15) is 0 Å². The summed E-state index contributed by atoms with van der Waals surface area (Å²) in [5.74, 6) is 0.853. The maximum Gasteiger partial charge on any atom is 0.130 e. The molecule has 0 aliphatic carbocycles. The minimum Gasteiger partial charge on any atom is -0.487 e. The van der Waals surface area contributed by atoms with E-state index < -0.39 is 0 Å². The molecule has 2 aliphatic rings. The Balaban J connectivity index is 1.27. The van der Waals surface area contributed by atoms with Gasteiger partial charge in [0, 0.05) is 58.1 Å². The van der Waals surface area contributed by atoms with Gasteiger partial charge in [0.2, 0.25) is 0 Å². The van der Waals surface area contributed by atoms with Crippen LogP contribution in [0.25, 0.3) is 0 Å². The number of hydrogen-bond acceptors (Lipinski definition) is 6. The van der Waals surface area contributed by atoms with Crippen molar-refractivity contribution >= 4 is 0 Å². The van der Waals surface area contributed by atoms with Gasteiger partial charge in [0.25, 0.3) is 0 Å². The van der Waals surface area contributed by atoms with Gasteiger partial charge in [-0.15, -0.1) is 0 Å². The number of ether oxygens (including phenoxy) is 1. The van der Waals surface area contributed by atoms with Crippen LogP contribution in [0, 0.1) is 0 Å². The second-order valence-electron chi connectivity index (χ2n) is 7.92. The lowest BCUT2D eigenvalue weighted by Gasteiger charge is -2.37. The predicted octanol–water partition coefficient (Wildman–Crippen LogP) is 1.45. The molecule has 1 aromatic carbocycles. The van der Waals surface area contributed by atoms with Crippen molar-refractivity contribution in [2.24, 2.45) is 0 Å². The minimum atomic E-state index is -0.260. The average Bonchev–Trinajstić information content (AvgIpc) is 3.09. The number of pyridine rings is 1. The lowest BCUT2D eigenvalue weighted by Crippen LogP contribution is -2.52. The van der Waals surface area contributed by atoms with E-state index in [2.05, 4.69) is 38.9 Å². The Morgan fingerprint density at radius 2 is 1.82 bits per heavy atom. The average molecular weight is 383 g/mol. The molecule has 2 fully saturated rings. The molecular weight excluding hydrogens is 352 g/mol. The normalized spacial score (nSPS) is 24.5. The van der Waals surface area contributed by atoms with Gasteiger partial charge in [-0.1, -0.05) is 18.2 Å². The topological polar surface area (TPSA) is 52.1 Å². The fourth-order valence-corrected chi connectivity index (χ4v) is 4.08. The summed E-state index contributed by atoms with van der Waals surface area (Å²) in [6.07, 6.45) is 1.52. The van der Waals surface area contributed by atoms with Crippen LogP contribution in [-0.2, 0) is 13.2 Å². The van der Waals surface area contributed by atoms with E-state index >= 15 is 0 Å². The van der Waals surface area contributed by atoms with E-state index in [9.17, 15) is 5.11 Å². The molecule has 2 aliphatic heterocycles. The number of β-amino-alcohol motifs (C(OH)–C–C–N with tert-alkyl or cyclic N) is 1. The molecule has 1 N–H and O–H groups in total. The summed E-state index contributed by atoms with van der Waals surface area (Å²) in [6, 6.07) is 14.4. The third-order valence-electron chi connectivity index (χ3n) is 5.78. The van der Waals surface area contributed by atoms with E-state index in [1.807, 2.05) is 30.3 Å². The number of rotatable bonds is 6. The molecular formula is C22H30N4O2. The Morgan fingerprint density at radius 3 is 2.54 bits per heavy atom. The van der Waals surface area contributed by atoms with E-state index in [1.54, 1.807) is 6.20 Å². The summed E-state index contributed by atoms with van der Waals surface area (Å²) in [5.41, 5.74) is 2.17. The molecule has 2 saturated heterocycles. The fourth-order valence-electron chi connectivity index (χ4n) is 4.08. The molecule has 28 heavy (non-hydrogen) atoms. The van der Waals surface area contributed by atoms with Gasteiger partial charge in [-0.05, 0) is 36.9 Å². The number of benzene rings is 1. The zero-order valence-corrected chi connectivity index (χ0v) is 16.6. The second-order valence-corrected chi connectivity index (χ2v) is 7.92. The molecule has 6 heteroatoms. The summed E-state index contributed by atoms with van der Waals surface area (Å²) in [4.78, 5) is 11.4. The van der Waals surface area contributed by atoms with Gasteiger partial charge in [0.15, 0.2) is 0 Å². The predicted molar refractivity (Wildman–Crippen MR) is 109 cm³/mol. The SMILES string of the molecule is CN1CCN([C@@H]2CN(Cc3ccc(OCc4ccccn4)cc3)C[C@@H]2O)CC1. The monoisotopic (exact) mass is 382 g/mol. The van der Waals surface area contributed by atoms with E-state index in [-0.39, 0.29) is 12.1 Å². The van der Waals surface area contributed by atoms with E-state index in [0.29, 0.717) is 6.61 Å². The van der Waals surface area contributed by atoms with Gasteiger partial charge >= 0.3 is 0 Å².